The number of carboxylic acids is 1. The highest BCUT2D eigenvalue weighted by molar-refractivity contribution is 9.10. The maximum Gasteiger partial charge on any atom is 0.344 e. The maximum atomic E-state index is 12.2. The van der Waals surface area contributed by atoms with E-state index in [1.165, 1.54) is 18.7 Å². The molecule has 0 bridgehead atoms. The lowest BCUT2D eigenvalue weighted by Crippen LogP contribution is -2.22. The minimum Gasteiger partial charge on any atom is -0.479 e. The summed E-state index contributed by atoms with van der Waals surface area (Å²) in [6.45, 7) is 1.46. The first-order valence-electron chi connectivity index (χ1n) is 7.95. The van der Waals surface area contributed by atoms with Gasteiger partial charge in [0.05, 0.1) is 10.6 Å². The number of aliphatic carboxylic acids is 1. The van der Waals surface area contributed by atoms with Crippen LogP contribution in [0.15, 0.2) is 62.9 Å². The fraction of sp³-hybridized carbons (Fsp3) is 0.105. The molecule has 0 spiro atoms. The molecule has 0 saturated carbocycles. The monoisotopic (exact) mass is 446 g/mol. The second kappa shape index (κ2) is 8.41. The summed E-state index contributed by atoms with van der Waals surface area (Å²) in [7, 11) is 0. The SMILES string of the molecule is CC(Oc1cccc(/C=C2/SC(=Nc3ccc(Br)cc3)NC2=O)c1)C(=O)O. The molecule has 1 atom stereocenters. The number of hydrogen-bond acceptors (Lipinski definition) is 5. The van der Waals surface area contributed by atoms with Crippen molar-refractivity contribution in [3.8, 4) is 5.75 Å². The summed E-state index contributed by atoms with van der Waals surface area (Å²) >= 11 is 4.61. The second-order valence-corrected chi connectivity index (χ2v) is 7.58. The molecule has 1 amide bonds. The molecule has 1 unspecified atom stereocenters. The molecule has 0 aromatic heterocycles. The van der Waals surface area contributed by atoms with E-state index in [4.69, 9.17) is 9.84 Å². The van der Waals surface area contributed by atoms with E-state index in [9.17, 15) is 9.59 Å². The number of carbonyl (C=O) groups is 2. The van der Waals surface area contributed by atoms with Gasteiger partial charge in [-0.05, 0) is 66.7 Å². The Morgan fingerprint density at radius 2 is 2.04 bits per heavy atom. The van der Waals surface area contributed by atoms with Gasteiger partial charge in [-0.2, -0.15) is 0 Å². The first kappa shape index (κ1) is 19.2. The summed E-state index contributed by atoms with van der Waals surface area (Å²) in [4.78, 5) is 28.0. The van der Waals surface area contributed by atoms with E-state index >= 15 is 0 Å². The van der Waals surface area contributed by atoms with Crippen LogP contribution in [0.4, 0.5) is 5.69 Å². The molecule has 0 radical (unpaired) electrons. The number of amidine groups is 1. The van der Waals surface area contributed by atoms with Gasteiger partial charge in [-0.25, -0.2) is 9.79 Å². The van der Waals surface area contributed by atoms with Gasteiger partial charge in [0, 0.05) is 4.47 Å². The predicted octanol–water partition coefficient (Wildman–Crippen LogP) is 4.19. The van der Waals surface area contributed by atoms with E-state index in [-0.39, 0.29) is 5.91 Å². The number of carboxylic acid groups (broad SMARTS) is 1. The lowest BCUT2D eigenvalue weighted by molar-refractivity contribution is -0.144. The molecular formula is C19H15BrN2O4S. The van der Waals surface area contributed by atoms with Gasteiger partial charge < -0.3 is 15.2 Å². The molecule has 2 aromatic carbocycles. The molecule has 1 aliphatic heterocycles. The topological polar surface area (TPSA) is 88.0 Å². The second-order valence-electron chi connectivity index (χ2n) is 5.63. The van der Waals surface area contributed by atoms with Crippen LogP contribution in [0.2, 0.25) is 0 Å². The zero-order valence-electron chi connectivity index (χ0n) is 14.2. The molecule has 27 heavy (non-hydrogen) atoms. The van der Waals surface area contributed by atoms with Crippen LogP contribution in [0.1, 0.15) is 12.5 Å². The van der Waals surface area contributed by atoms with Crippen LogP contribution in [-0.2, 0) is 9.59 Å². The molecule has 2 aromatic rings. The number of halogens is 1. The summed E-state index contributed by atoms with van der Waals surface area (Å²) in [6.07, 6.45) is 0.754. The van der Waals surface area contributed by atoms with Crippen molar-refractivity contribution >= 4 is 56.5 Å². The zero-order valence-corrected chi connectivity index (χ0v) is 16.6. The van der Waals surface area contributed by atoms with Crippen LogP contribution in [0.3, 0.4) is 0 Å². The van der Waals surface area contributed by atoms with Crippen molar-refractivity contribution in [1.29, 1.82) is 0 Å². The number of nitrogens with zero attached hydrogens (tertiary/aromatic N) is 1. The van der Waals surface area contributed by atoms with E-state index in [2.05, 4.69) is 26.2 Å². The Balaban J connectivity index is 1.76. The Morgan fingerprint density at radius 3 is 2.74 bits per heavy atom. The Kier molecular flexibility index (Phi) is 5.98. The number of amides is 1. The third-order valence-electron chi connectivity index (χ3n) is 3.52. The Bertz CT molecular complexity index is 941. The summed E-state index contributed by atoms with van der Waals surface area (Å²) in [5, 5.41) is 12.2. The van der Waals surface area contributed by atoms with Crippen LogP contribution < -0.4 is 10.1 Å². The van der Waals surface area contributed by atoms with Gasteiger partial charge in [0.25, 0.3) is 5.91 Å². The number of aliphatic imine (C=N–C) groups is 1. The van der Waals surface area contributed by atoms with Crippen LogP contribution in [0.5, 0.6) is 5.75 Å². The molecule has 0 aliphatic carbocycles. The van der Waals surface area contributed by atoms with Crippen LogP contribution in [-0.4, -0.2) is 28.3 Å². The molecule has 1 fully saturated rings. The minimum atomic E-state index is -1.04. The van der Waals surface area contributed by atoms with Gasteiger partial charge in [-0.3, -0.25) is 4.79 Å². The van der Waals surface area contributed by atoms with E-state index in [0.29, 0.717) is 15.8 Å². The molecule has 1 heterocycles. The summed E-state index contributed by atoms with van der Waals surface area (Å²) in [5.74, 6) is -0.856. The molecule has 2 N–H and O–H groups in total. The highest BCUT2D eigenvalue weighted by Gasteiger charge is 2.23. The smallest absolute Gasteiger partial charge is 0.344 e. The first-order chi connectivity index (χ1) is 12.9. The summed E-state index contributed by atoms with van der Waals surface area (Å²) in [5.41, 5.74) is 1.47. The van der Waals surface area contributed by atoms with E-state index < -0.39 is 12.1 Å². The highest BCUT2D eigenvalue weighted by atomic mass is 79.9. The van der Waals surface area contributed by atoms with Gasteiger partial charge in [0.15, 0.2) is 11.3 Å². The quantitative estimate of drug-likeness (QED) is 0.672. The van der Waals surface area contributed by atoms with Crippen molar-refractivity contribution in [2.24, 2.45) is 4.99 Å². The lowest BCUT2D eigenvalue weighted by Gasteiger charge is -2.10. The normalized spacial score (nSPS) is 17.8. The third kappa shape index (κ3) is 5.21. The molecule has 6 nitrogen and oxygen atoms in total. The number of ether oxygens (including phenoxy) is 1. The van der Waals surface area contributed by atoms with Crippen molar-refractivity contribution in [2.45, 2.75) is 13.0 Å². The molecule has 1 saturated heterocycles. The van der Waals surface area contributed by atoms with Crippen molar-refractivity contribution < 1.29 is 19.4 Å². The van der Waals surface area contributed by atoms with Crippen LogP contribution in [0.25, 0.3) is 6.08 Å². The van der Waals surface area contributed by atoms with E-state index in [1.807, 2.05) is 30.3 Å². The van der Waals surface area contributed by atoms with Gasteiger partial charge in [-0.15, -0.1) is 0 Å². The molecule has 3 rings (SSSR count). The number of hydrogen-bond donors (Lipinski definition) is 2. The lowest BCUT2D eigenvalue weighted by atomic mass is 10.2. The Morgan fingerprint density at radius 1 is 1.30 bits per heavy atom. The average molecular weight is 447 g/mol. The maximum absolute atomic E-state index is 12.2. The molecular weight excluding hydrogens is 432 g/mol. The van der Waals surface area contributed by atoms with Gasteiger partial charge in [0.2, 0.25) is 0 Å². The zero-order chi connectivity index (χ0) is 19.4. The molecule has 138 valence electrons. The van der Waals surface area contributed by atoms with Crippen molar-refractivity contribution in [3.63, 3.8) is 0 Å². The first-order valence-corrected chi connectivity index (χ1v) is 9.56. The number of nitrogens with one attached hydrogen (secondary N) is 1. The van der Waals surface area contributed by atoms with Crippen molar-refractivity contribution in [1.82, 2.24) is 5.32 Å². The fourth-order valence-electron chi connectivity index (χ4n) is 2.20. The van der Waals surface area contributed by atoms with Gasteiger partial charge in [-0.1, -0.05) is 28.1 Å². The van der Waals surface area contributed by atoms with Crippen LogP contribution in [0, 0.1) is 0 Å². The Labute approximate surface area is 168 Å². The highest BCUT2D eigenvalue weighted by Crippen LogP contribution is 2.29. The van der Waals surface area contributed by atoms with Crippen molar-refractivity contribution in [3.05, 3.63) is 63.5 Å². The van der Waals surface area contributed by atoms with E-state index in [1.54, 1.807) is 24.3 Å². The van der Waals surface area contributed by atoms with Crippen LogP contribution >= 0.6 is 27.7 Å². The van der Waals surface area contributed by atoms with Gasteiger partial charge >= 0.3 is 5.97 Å². The minimum absolute atomic E-state index is 0.235. The van der Waals surface area contributed by atoms with Gasteiger partial charge in [0.1, 0.15) is 5.75 Å². The number of carbonyl (C=O) groups excluding carboxylic acids is 1. The Hall–Kier alpha value is -2.58. The summed E-state index contributed by atoms with van der Waals surface area (Å²) < 4.78 is 6.31. The largest absolute Gasteiger partial charge is 0.479 e. The number of thioether (sulfide) groups is 1. The predicted molar refractivity (Wildman–Crippen MR) is 109 cm³/mol. The molecule has 1 aliphatic rings. The third-order valence-corrected chi connectivity index (χ3v) is 4.96. The average Bonchev–Trinajstić information content (AvgIpc) is 2.96. The standard InChI is InChI=1S/C19H15BrN2O4S/c1-11(18(24)25)26-15-4-2-3-12(9-15)10-16-17(23)22-19(27-16)21-14-7-5-13(20)6-8-14/h2-11H,1H3,(H,24,25)(H,21,22,23)/b16-10+. The summed E-state index contributed by atoms with van der Waals surface area (Å²) in [6, 6.07) is 14.3. The molecule has 8 heteroatoms. The number of benzene rings is 2. The van der Waals surface area contributed by atoms with Crippen molar-refractivity contribution in [2.75, 3.05) is 0 Å². The fourth-order valence-corrected chi connectivity index (χ4v) is 3.30. The number of rotatable bonds is 5. The van der Waals surface area contributed by atoms with E-state index in [0.717, 1.165) is 15.7 Å².